The van der Waals surface area contributed by atoms with Crippen LogP contribution in [0.3, 0.4) is 0 Å². The second-order valence-corrected chi connectivity index (χ2v) is 7.05. The summed E-state index contributed by atoms with van der Waals surface area (Å²) in [7, 11) is 0. The molecule has 0 aliphatic rings. The van der Waals surface area contributed by atoms with Gasteiger partial charge in [0.05, 0.1) is 18.5 Å². The molecule has 0 saturated carbocycles. The van der Waals surface area contributed by atoms with Gasteiger partial charge in [-0.25, -0.2) is 4.98 Å². The first-order chi connectivity index (χ1) is 13.0. The molecule has 2 atom stereocenters. The first-order valence-electron chi connectivity index (χ1n) is 9.46. The summed E-state index contributed by atoms with van der Waals surface area (Å²) in [4.78, 5) is 13.8. The summed E-state index contributed by atoms with van der Waals surface area (Å²) < 4.78 is 2.03. The number of aliphatic hydroxyl groups excluding tert-OH is 1. The lowest BCUT2D eigenvalue weighted by Crippen LogP contribution is -2.31. The van der Waals surface area contributed by atoms with Crippen molar-refractivity contribution in [1.82, 2.24) is 19.5 Å². The number of benzene rings is 1. The third-order valence-corrected chi connectivity index (χ3v) is 4.62. The predicted molar refractivity (Wildman–Crippen MR) is 109 cm³/mol. The van der Waals surface area contributed by atoms with Gasteiger partial charge < -0.3 is 20.3 Å². The molecule has 2 aromatic heterocycles. The van der Waals surface area contributed by atoms with Crippen LogP contribution in [-0.4, -0.2) is 36.8 Å². The molecular weight excluding hydrogens is 340 g/mol. The van der Waals surface area contributed by atoms with Crippen LogP contribution in [0.5, 0.6) is 0 Å². The van der Waals surface area contributed by atoms with Gasteiger partial charge in [0.25, 0.3) is 0 Å². The van der Waals surface area contributed by atoms with Gasteiger partial charge in [0.2, 0.25) is 5.95 Å². The molecule has 0 aliphatic heterocycles. The molecule has 2 heterocycles. The van der Waals surface area contributed by atoms with Gasteiger partial charge in [0.1, 0.15) is 0 Å². The van der Waals surface area contributed by atoms with Gasteiger partial charge in [-0.1, -0.05) is 37.3 Å². The molecule has 144 valence electrons. The number of hydrogen-bond donors (Lipinski definition) is 3. The van der Waals surface area contributed by atoms with E-state index in [0.717, 1.165) is 23.1 Å². The molecule has 0 radical (unpaired) electrons. The summed E-state index contributed by atoms with van der Waals surface area (Å²) in [6, 6.07) is 10.3. The third kappa shape index (κ3) is 4.36. The van der Waals surface area contributed by atoms with Crippen molar-refractivity contribution in [2.24, 2.45) is 0 Å². The average molecular weight is 368 g/mol. The number of imidazole rings is 1. The second kappa shape index (κ2) is 8.35. The molecule has 2 unspecified atom stereocenters. The van der Waals surface area contributed by atoms with Crippen LogP contribution in [0.15, 0.2) is 36.7 Å². The lowest BCUT2D eigenvalue weighted by atomic mass is 10.1. The fourth-order valence-corrected chi connectivity index (χ4v) is 2.99. The monoisotopic (exact) mass is 368 g/mol. The fourth-order valence-electron chi connectivity index (χ4n) is 2.99. The van der Waals surface area contributed by atoms with Gasteiger partial charge >= 0.3 is 0 Å². The summed E-state index contributed by atoms with van der Waals surface area (Å²) >= 11 is 0. The largest absolute Gasteiger partial charge is 0.391 e. The molecule has 3 N–H and O–H groups in total. The van der Waals surface area contributed by atoms with Gasteiger partial charge in [0.15, 0.2) is 17.0 Å². The van der Waals surface area contributed by atoms with Crippen molar-refractivity contribution < 1.29 is 5.11 Å². The number of aliphatic hydroxyl groups is 1. The van der Waals surface area contributed by atoms with Crippen molar-refractivity contribution >= 4 is 22.9 Å². The second-order valence-electron chi connectivity index (χ2n) is 7.05. The van der Waals surface area contributed by atoms with Crippen LogP contribution in [-0.2, 0) is 6.54 Å². The minimum atomic E-state index is -0.495. The smallest absolute Gasteiger partial charge is 0.227 e. The minimum Gasteiger partial charge on any atom is -0.391 e. The molecule has 27 heavy (non-hydrogen) atoms. The van der Waals surface area contributed by atoms with Gasteiger partial charge in [-0.2, -0.15) is 9.97 Å². The van der Waals surface area contributed by atoms with Gasteiger partial charge in [-0.15, -0.1) is 0 Å². The Morgan fingerprint density at radius 3 is 2.48 bits per heavy atom. The molecule has 3 rings (SSSR count). The molecule has 0 spiro atoms. The first-order valence-corrected chi connectivity index (χ1v) is 9.46. The zero-order valence-electron chi connectivity index (χ0n) is 16.3. The maximum atomic E-state index is 9.96. The Morgan fingerprint density at radius 1 is 1.11 bits per heavy atom. The molecule has 0 fully saturated rings. The normalized spacial score (nSPS) is 13.7. The van der Waals surface area contributed by atoms with E-state index in [9.17, 15) is 5.11 Å². The van der Waals surface area contributed by atoms with E-state index in [1.54, 1.807) is 13.3 Å². The quantitative estimate of drug-likeness (QED) is 0.563. The first kappa shape index (κ1) is 19.1. The molecule has 7 nitrogen and oxygen atoms in total. The van der Waals surface area contributed by atoms with E-state index in [-0.39, 0.29) is 12.1 Å². The molecule has 0 saturated heterocycles. The van der Waals surface area contributed by atoms with Crippen molar-refractivity contribution in [3.05, 3.63) is 42.2 Å². The minimum absolute atomic E-state index is 0.111. The van der Waals surface area contributed by atoms with Crippen LogP contribution in [0.1, 0.15) is 45.7 Å². The maximum absolute atomic E-state index is 9.96. The Bertz CT molecular complexity index is 875. The molecular formula is C20H28N6O. The van der Waals surface area contributed by atoms with E-state index in [0.29, 0.717) is 18.3 Å². The maximum Gasteiger partial charge on any atom is 0.227 e. The summed E-state index contributed by atoms with van der Waals surface area (Å²) in [6.45, 7) is 8.63. The van der Waals surface area contributed by atoms with Crippen molar-refractivity contribution in [3.63, 3.8) is 0 Å². The van der Waals surface area contributed by atoms with Crippen molar-refractivity contribution in [1.29, 1.82) is 0 Å². The Kier molecular flexibility index (Phi) is 5.91. The summed E-state index contributed by atoms with van der Waals surface area (Å²) in [5.41, 5.74) is 2.69. The topological polar surface area (TPSA) is 87.9 Å². The van der Waals surface area contributed by atoms with E-state index in [2.05, 4.69) is 51.6 Å². The predicted octanol–water partition coefficient (Wildman–Crippen LogP) is 3.59. The van der Waals surface area contributed by atoms with Crippen LogP contribution < -0.4 is 10.6 Å². The Hall–Kier alpha value is -2.67. The van der Waals surface area contributed by atoms with Gasteiger partial charge in [-0.05, 0) is 32.8 Å². The standard InChI is InChI=1S/C20H28N6O/c1-5-16(14(4)27)23-20-24-18(21-11-15-9-7-6-8-10-15)17-19(25-20)26(12-22-17)13(2)3/h6-10,12-14,16,27H,5,11H2,1-4H3,(H2,21,23,24,25). The van der Waals surface area contributed by atoms with E-state index >= 15 is 0 Å². The highest BCUT2D eigenvalue weighted by atomic mass is 16.3. The highest BCUT2D eigenvalue weighted by Gasteiger charge is 2.18. The molecule has 0 aliphatic carbocycles. The fraction of sp³-hybridized carbons (Fsp3) is 0.450. The number of fused-ring (bicyclic) bond motifs is 1. The van der Waals surface area contributed by atoms with Crippen LogP contribution >= 0.6 is 0 Å². The SMILES string of the molecule is CCC(Nc1nc(NCc2ccccc2)c2ncn(C(C)C)c2n1)C(C)O. The Balaban J connectivity index is 1.96. The molecule has 0 bridgehead atoms. The zero-order valence-corrected chi connectivity index (χ0v) is 16.3. The van der Waals surface area contributed by atoms with Crippen LogP contribution in [0.4, 0.5) is 11.8 Å². The number of aromatic nitrogens is 4. The van der Waals surface area contributed by atoms with Crippen LogP contribution in [0, 0.1) is 0 Å². The molecule has 1 aromatic carbocycles. The Morgan fingerprint density at radius 2 is 1.85 bits per heavy atom. The third-order valence-electron chi connectivity index (χ3n) is 4.62. The number of rotatable bonds is 8. The van der Waals surface area contributed by atoms with Gasteiger partial charge in [0, 0.05) is 12.6 Å². The highest BCUT2D eigenvalue weighted by molar-refractivity contribution is 5.84. The van der Waals surface area contributed by atoms with E-state index < -0.39 is 6.10 Å². The van der Waals surface area contributed by atoms with E-state index in [4.69, 9.17) is 0 Å². The highest BCUT2D eigenvalue weighted by Crippen LogP contribution is 2.24. The summed E-state index contributed by atoms with van der Waals surface area (Å²) in [6.07, 6.45) is 2.08. The van der Waals surface area contributed by atoms with E-state index in [1.165, 1.54) is 0 Å². The number of nitrogens with one attached hydrogen (secondary N) is 2. The van der Waals surface area contributed by atoms with E-state index in [1.807, 2.05) is 29.7 Å². The average Bonchev–Trinajstić information content (AvgIpc) is 3.09. The molecule has 0 amide bonds. The summed E-state index contributed by atoms with van der Waals surface area (Å²) in [5.74, 6) is 1.18. The van der Waals surface area contributed by atoms with Crippen LogP contribution in [0.25, 0.3) is 11.2 Å². The molecule has 3 aromatic rings. The van der Waals surface area contributed by atoms with Crippen molar-refractivity contribution in [2.75, 3.05) is 10.6 Å². The Labute approximate surface area is 159 Å². The van der Waals surface area contributed by atoms with Crippen molar-refractivity contribution in [2.45, 2.75) is 58.8 Å². The number of anilines is 2. The number of hydrogen-bond acceptors (Lipinski definition) is 6. The van der Waals surface area contributed by atoms with Crippen LogP contribution in [0.2, 0.25) is 0 Å². The van der Waals surface area contributed by atoms with Crippen molar-refractivity contribution in [3.8, 4) is 0 Å². The lowest BCUT2D eigenvalue weighted by Gasteiger charge is -2.20. The molecule has 7 heteroatoms. The summed E-state index contributed by atoms with van der Waals surface area (Å²) in [5, 5.41) is 16.6. The zero-order chi connectivity index (χ0) is 19.4. The van der Waals surface area contributed by atoms with Gasteiger partial charge in [-0.3, -0.25) is 0 Å². The number of nitrogens with zero attached hydrogens (tertiary/aromatic N) is 4. The lowest BCUT2D eigenvalue weighted by molar-refractivity contribution is 0.169.